The molecule has 0 bridgehead atoms. The lowest BCUT2D eigenvalue weighted by Gasteiger charge is -2.21. The molecule has 1 unspecified atom stereocenters. The molecular formula is C14H17N3O4. The van der Waals surface area contributed by atoms with E-state index in [0.717, 1.165) is 0 Å². The van der Waals surface area contributed by atoms with Crippen LogP contribution in [0.4, 0.5) is 10.5 Å². The first-order valence-corrected chi connectivity index (χ1v) is 6.53. The number of anilines is 1. The summed E-state index contributed by atoms with van der Waals surface area (Å²) in [7, 11) is 3.15. The van der Waals surface area contributed by atoms with E-state index in [1.807, 2.05) is 0 Å². The SMILES string of the molecule is CN1CCC(NC(=O)N(C)c2ccccc2C(=O)O)C1=O. The van der Waals surface area contributed by atoms with Crippen molar-refractivity contribution in [3.63, 3.8) is 0 Å². The highest BCUT2D eigenvalue weighted by molar-refractivity contribution is 6.02. The number of carbonyl (C=O) groups excluding carboxylic acids is 2. The van der Waals surface area contributed by atoms with Crippen molar-refractivity contribution in [3.8, 4) is 0 Å². The molecule has 2 N–H and O–H groups in total. The number of carboxylic acids is 1. The van der Waals surface area contributed by atoms with Gasteiger partial charge in [0.05, 0.1) is 11.3 Å². The summed E-state index contributed by atoms with van der Waals surface area (Å²) in [6, 6.07) is 5.16. The van der Waals surface area contributed by atoms with Gasteiger partial charge in [0.1, 0.15) is 6.04 Å². The molecule has 2 rings (SSSR count). The summed E-state index contributed by atoms with van der Waals surface area (Å²) in [6.45, 7) is 0.596. The second-order valence-electron chi connectivity index (χ2n) is 4.93. The van der Waals surface area contributed by atoms with Crippen LogP contribution in [0.1, 0.15) is 16.8 Å². The number of para-hydroxylation sites is 1. The van der Waals surface area contributed by atoms with Crippen LogP contribution >= 0.6 is 0 Å². The van der Waals surface area contributed by atoms with Gasteiger partial charge in [-0.25, -0.2) is 9.59 Å². The molecule has 0 aliphatic carbocycles. The molecule has 1 aromatic rings. The second kappa shape index (κ2) is 5.82. The number of rotatable bonds is 3. The Morgan fingerprint density at radius 2 is 2.05 bits per heavy atom. The Hall–Kier alpha value is -2.57. The van der Waals surface area contributed by atoms with Crippen LogP contribution in [0.5, 0.6) is 0 Å². The average molecular weight is 291 g/mol. The van der Waals surface area contributed by atoms with Gasteiger partial charge in [-0.05, 0) is 18.6 Å². The minimum absolute atomic E-state index is 0.0324. The zero-order chi connectivity index (χ0) is 15.6. The molecule has 1 aliphatic heterocycles. The van der Waals surface area contributed by atoms with Gasteiger partial charge in [0.2, 0.25) is 5.91 Å². The van der Waals surface area contributed by atoms with Crippen molar-refractivity contribution in [2.45, 2.75) is 12.5 Å². The first kappa shape index (κ1) is 14.8. The molecule has 1 heterocycles. The number of benzene rings is 1. The van der Waals surface area contributed by atoms with Crippen LogP contribution in [-0.2, 0) is 4.79 Å². The minimum atomic E-state index is -1.11. The van der Waals surface area contributed by atoms with Gasteiger partial charge in [0, 0.05) is 20.6 Å². The number of urea groups is 1. The van der Waals surface area contributed by atoms with Crippen LogP contribution in [0, 0.1) is 0 Å². The number of carboxylic acid groups (broad SMARTS) is 1. The number of carbonyl (C=O) groups is 3. The maximum atomic E-state index is 12.2. The number of nitrogens with one attached hydrogen (secondary N) is 1. The smallest absolute Gasteiger partial charge is 0.337 e. The van der Waals surface area contributed by atoms with E-state index >= 15 is 0 Å². The third-order valence-electron chi connectivity index (χ3n) is 3.53. The highest BCUT2D eigenvalue weighted by Gasteiger charge is 2.31. The molecule has 7 nitrogen and oxygen atoms in total. The largest absolute Gasteiger partial charge is 0.478 e. The Kier molecular flexibility index (Phi) is 4.11. The van der Waals surface area contributed by atoms with Gasteiger partial charge in [-0.2, -0.15) is 0 Å². The molecule has 1 fully saturated rings. The Labute approximate surface area is 122 Å². The number of nitrogens with zero attached hydrogens (tertiary/aromatic N) is 2. The lowest BCUT2D eigenvalue weighted by molar-refractivity contribution is -0.128. The molecule has 1 aliphatic rings. The van der Waals surface area contributed by atoms with E-state index < -0.39 is 18.0 Å². The summed E-state index contributed by atoms with van der Waals surface area (Å²) in [6.07, 6.45) is 0.551. The molecule has 1 aromatic carbocycles. The number of hydrogen-bond acceptors (Lipinski definition) is 3. The average Bonchev–Trinajstić information content (AvgIpc) is 2.78. The zero-order valence-electron chi connectivity index (χ0n) is 11.9. The fraction of sp³-hybridized carbons (Fsp3) is 0.357. The molecule has 0 saturated carbocycles. The first-order chi connectivity index (χ1) is 9.91. The van der Waals surface area contributed by atoms with E-state index in [1.54, 1.807) is 30.1 Å². The number of hydrogen-bond donors (Lipinski definition) is 2. The lowest BCUT2D eigenvalue weighted by atomic mass is 10.1. The molecule has 7 heteroatoms. The van der Waals surface area contributed by atoms with E-state index in [9.17, 15) is 14.4 Å². The van der Waals surface area contributed by atoms with Crippen molar-refractivity contribution in [2.24, 2.45) is 0 Å². The standard InChI is InChI=1S/C14H17N3O4/c1-16-8-7-10(12(16)18)15-14(21)17(2)11-6-4-3-5-9(11)13(19)20/h3-6,10H,7-8H2,1-2H3,(H,15,21)(H,19,20). The van der Waals surface area contributed by atoms with Gasteiger partial charge >= 0.3 is 12.0 Å². The summed E-state index contributed by atoms with van der Waals surface area (Å²) in [5, 5.41) is 11.8. The first-order valence-electron chi connectivity index (χ1n) is 6.53. The van der Waals surface area contributed by atoms with Gasteiger partial charge < -0.3 is 15.3 Å². The summed E-state index contributed by atoms with van der Waals surface area (Å²) in [4.78, 5) is 37.9. The van der Waals surface area contributed by atoms with Gasteiger partial charge in [0.25, 0.3) is 0 Å². The van der Waals surface area contributed by atoms with Crippen molar-refractivity contribution >= 4 is 23.6 Å². The molecule has 112 valence electrons. The predicted octanol–water partition coefficient (Wildman–Crippen LogP) is 0.761. The molecule has 0 radical (unpaired) electrons. The van der Waals surface area contributed by atoms with Crippen molar-refractivity contribution in [2.75, 3.05) is 25.5 Å². The van der Waals surface area contributed by atoms with Gasteiger partial charge in [0.15, 0.2) is 0 Å². The van der Waals surface area contributed by atoms with Crippen LogP contribution in [0.25, 0.3) is 0 Å². The maximum Gasteiger partial charge on any atom is 0.337 e. The lowest BCUT2D eigenvalue weighted by Crippen LogP contribution is -2.46. The van der Waals surface area contributed by atoms with Crippen LogP contribution in [0.3, 0.4) is 0 Å². The fourth-order valence-corrected chi connectivity index (χ4v) is 2.26. The fourth-order valence-electron chi connectivity index (χ4n) is 2.26. The van der Waals surface area contributed by atoms with Gasteiger partial charge in [-0.15, -0.1) is 0 Å². The normalized spacial score (nSPS) is 17.7. The van der Waals surface area contributed by atoms with Gasteiger partial charge in [-0.3, -0.25) is 9.69 Å². The third-order valence-corrected chi connectivity index (χ3v) is 3.53. The van der Waals surface area contributed by atoms with E-state index in [-0.39, 0.29) is 17.2 Å². The summed E-state index contributed by atoms with van der Waals surface area (Å²) < 4.78 is 0. The Bertz CT molecular complexity index is 587. The number of likely N-dealkylation sites (tertiary alicyclic amines) is 1. The van der Waals surface area contributed by atoms with Crippen LogP contribution in [0.15, 0.2) is 24.3 Å². The Morgan fingerprint density at radius 1 is 1.38 bits per heavy atom. The van der Waals surface area contributed by atoms with Crippen LogP contribution in [0.2, 0.25) is 0 Å². The Morgan fingerprint density at radius 3 is 2.62 bits per heavy atom. The molecule has 1 atom stereocenters. The van der Waals surface area contributed by atoms with Gasteiger partial charge in [-0.1, -0.05) is 12.1 Å². The van der Waals surface area contributed by atoms with Crippen LogP contribution < -0.4 is 10.2 Å². The van der Waals surface area contributed by atoms with E-state index in [4.69, 9.17) is 5.11 Å². The summed E-state index contributed by atoms with van der Waals surface area (Å²) >= 11 is 0. The zero-order valence-corrected chi connectivity index (χ0v) is 11.9. The monoisotopic (exact) mass is 291 g/mol. The van der Waals surface area contributed by atoms with Crippen molar-refractivity contribution in [3.05, 3.63) is 29.8 Å². The third kappa shape index (κ3) is 2.96. The predicted molar refractivity (Wildman–Crippen MR) is 76.4 cm³/mol. The van der Waals surface area contributed by atoms with E-state index in [2.05, 4.69) is 5.32 Å². The highest BCUT2D eigenvalue weighted by atomic mass is 16.4. The van der Waals surface area contributed by atoms with E-state index in [1.165, 1.54) is 18.0 Å². The molecular weight excluding hydrogens is 274 g/mol. The number of aromatic carboxylic acids is 1. The topological polar surface area (TPSA) is 90.0 Å². The number of amides is 3. The summed E-state index contributed by atoms with van der Waals surface area (Å²) in [5.74, 6) is -1.25. The summed E-state index contributed by atoms with van der Waals surface area (Å²) in [5.41, 5.74) is 0.311. The second-order valence-corrected chi connectivity index (χ2v) is 4.93. The molecule has 3 amide bonds. The van der Waals surface area contributed by atoms with Crippen molar-refractivity contribution < 1.29 is 19.5 Å². The Balaban J connectivity index is 2.13. The minimum Gasteiger partial charge on any atom is -0.478 e. The molecule has 0 aromatic heterocycles. The molecule has 21 heavy (non-hydrogen) atoms. The molecule has 1 saturated heterocycles. The van der Waals surface area contributed by atoms with Crippen LogP contribution in [-0.4, -0.2) is 54.6 Å². The number of likely N-dealkylation sites (N-methyl/N-ethyl adjacent to an activating group) is 1. The maximum absolute atomic E-state index is 12.2. The van der Waals surface area contributed by atoms with Crippen molar-refractivity contribution in [1.29, 1.82) is 0 Å². The van der Waals surface area contributed by atoms with E-state index in [0.29, 0.717) is 13.0 Å². The highest BCUT2D eigenvalue weighted by Crippen LogP contribution is 2.19. The van der Waals surface area contributed by atoms with Crippen molar-refractivity contribution in [1.82, 2.24) is 10.2 Å². The molecule has 0 spiro atoms. The quantitative estimate of drug-likeness (QED) is 0.860.